The molecule has 0 unspecified atom stereocenters. The van der Waals surface area contributed by atoms with Gasteiger partial charge in [-0.3, -0.25) is 0 Å². The van der Waals surface area contributed by atoms with Gasteiger partial charge in [-0.1, -0.05) is 80.6 Å². The monoisotopic (exact) mass is 522 g/mol. The molecule has 2 aromatic carbocycles. The summed E-state index contributed by atoms with van der Waals surface area (Å²) in [5, 5.41) is 3.66. The van der Waals surface area contributed by atoms with E-state index in [1.807, 2.05) is 60.7 Å². The highest BCUT2D eigenvalue weighted by Gasteiger charge is 2.27. The first-order valence-corrected chi connectivity index (χ1v) is 13.8. The van der Waals surface area contributed by atoms with E-state index in [9.17, 15) is 8.42 Å². The Morgan fingerprint density at radius 3 is 2.42 bits per heavy atom. The molecule has 0 fully saturated rings. The highest BCUT2D eigenvalue weighted by molar-refractivity contribution is 7.91. The number of rotatable bonds is 8. The van der Waals surface area contributed by atoms with E-state index in [0.717, 1.165) is 22.5 Å². The van der Waals surface area contributed by atoms with Crippen LogP contribution in [0, 0.1) is 6.92 Å². The van der Waals surface area contributed by atoms with Gasteiger partial charge in [-0.05, 0) is 36.1 Å². The minimum atomic E-state index is -3.72. The molecule has 36 heavy (non-hydrogen) atoms. The third-order valence-electron chi connectivity index (χ3n) is 5.56. The minimum Gasteiger partial charge on any atom is -0.437 e. The van der Waals surface area contributed by atoms with Crippen molar-refractivity contribution in [2.24, 2.45) is 0 Å². The number of aromatic nitrogens is 2. The van der Waals surface area contributed by atoms with Gasteiger partial charge in [0.25, 0.3) is 10.0 Å². The molecule has 4 rings (SSSR count). The zero-order chi connectivity index (χ0) is 25.9. The zero-order valence-corrected chi connectivity index (χ0v) is 22.7. The van der Waals surface area contributed by atoms with Crippen molar-refractivity contribution < 1.29 is 13.2 Å². The van der Waals surface area contributed by atoms with Crippen LogP contribution in [-0.2, 0) is 22.0 Å². The molecule has 188 valence electrons. The summed E-state index contributed by atoms with van der Waals surface area (Å²) in [6, 6.07) is 21.0. The maximum absolute atomic E-state index is 13.3. The van der Waals surface area contributed by atoms with Crippen molar-refractivity contribution in [1.29, 1.82) is 0 Å². The van der Waals surface area contributed by atoms with Crippen molar-refractivity contribution in [3.63, 3.8) is 0 Å². The molecule has 1 N–H and O–H groups in total. The van der Waals surface area contributed by atoms with E-state index < -0.39 is 10.0 Å². The van der Waals surface area contributed by atoms with Gasteiger partial charge in [0.15, 0.2) is 9.34 Å². The molecular weight excluding hydrogens is 492 g/mol. The molecule has 0 aliphatic heterocycles. The van der Waals surface area contributed by atoms with E-state index in [1.165, 1.54) is 4.31 Å². The largest absolute Gasteiger partial charge is 0.437 e. The second-order valence-corrected chi connectivity index (χ2v) is 12.7. The predicted molar refractivity (Wildman–Crippen MR) is 145 cm³/mol. The summed E-state index contributed by atoms with van der Waals surface area (Å²) in [6.07, 6.45) is 1.65. The van der Waals surface area contributed by atoms with Crippen LogP contribution in [0.15, 0.2) is 77.1 Å². The standard InChI is InChI=1S/C27H30N4O3S2/c1-19-25(36(32,33)31(5)18-20-12-7-6-8-13-20)35-26(29-19)30-22-15-11-17-28-24(22)34-23-16-10-9-14-21(23)27(2,3)4/h6-17H,18H2,1-5H3,(H,29,30). The molecule has 0 aliphatic carbocycles. The van der Waals surface area contributed by atoms with Crippen LogP contribution in [0.3, 0.4) is 0 Å². The lowest BCUT2D eigenvalue weighted by atomic mass is 9.86. The van der Waals surface area contributed by atoms with Crippen molar-refractivity contribution in [3.8, 4) is 11.6 Å². The van der Waals surface area contributed by atoms with Gasteiger partial charge in [-0.25, -0.2) is 18.4 Å². The van der Waals surface area contributed by atoms with Crippen molar-refractivity contribution in [2.45, 2.75) is 43.9 Å². The maximum Gasteiger partial charge on any atom is 0.254 e. The first-order valence-electron chi connectivity index (χ1n) is 11.5. The molecule has 2 aromatic heterocycles. The first kappa shape index (κ1) is 25.8. The molecular formula is C27H30N4O3S2. The lowest BCUT2D eigenvalue weighted by Gasteiger charge is -2.22. The smallest absolute Gasteiger partial charge is 0.254 e. The van der Waals surface area contributed by atoms with E-state index in [4.69, 9.17) is 4.74 Å². The van der Waals surface area contributed by atoms with Gasteiger partial charge in [0.05, 0.1) is 5.69 Å². The van der Waals surface area contributed by atoms with Crippen LogP contribution in [0.25, 0.3) is 0 Å². The molecule has 0 bridgehead atoms. The quantitative estimate of drug-likeness (QED) is 0.284. The highest BCUT2D eigenvalue weighted by atomic mass is 32.2. The van der Waals surface area contributed by atoms with Gasteiger partial charge in [-0.2, -0.15) is 4.31 Å². The normalized spacial score (nSPS) is 12.1. The average molecular weight is 523 g/mol. The number of anilines is 2. The van der Waals surface area contributed by atoms with Crippen LogP contribution in [0.2, 0.25) is 0 Å². The van der Waals surface area contributed by atoms with E-state index in [-0.39, 0.29) is 16.2 Å². The fraction of sp³-hybridized carbons (Fsp3) is 0.259. The average Bonchev–Trinajstić information content (AvgIpc) is 3.21. The molecule has 2 heterocycles. The second-order valence-electron chi connectivity index (χ2n) is 9.47. The maximum atomic E-state index is 13.3. The van der Waals surface area contributed by atoms with Gasteiger partial charge in [0, 0.05) is 25.4 Å². The Bertz CT molecular complexity index is 1450. The number of hydrogen-bond donors (Lipinski definition) is 1. The molecule has 0 saturated carbocycles. The Morgan fingerprint density at radius 1 is 1.00 bits per heavy atom. The summed E-state index contributed by atoms with van der Waals surface area (Å²) in [5.41, 5.74) is 2.89. The Kier molecular flexibility index (Phi) is 7.44. The van der Waals surface area contributed by atoms with Crippen molar-refractivity contribution in [2.75, 3.05) is 12.4 Å². The third kappa shape index (κ3) is 5.75. The Labute approximate surface area is 216 Å². The van der Waals surface area contributed by atoms with Gasteiger partial charge in [0.2, 0.25) is 5.88 Å². The van der Waals surface area contributed by atoms with Gasteiger partial charge in [-0.15, -0.1) is 0 Å². The molecule has 0 saturated heterocycles. The van der Waals surface area contributed by atoms with Gasteiger partial charge >= 0.3 is 0 Å². The molecule has 0 radical (unpaired) electrons. The van der Waals surface area contributed by atoms with E-state index in [1.54, 1.807) is 26.2 Å². The highest BCUT2D eigenvalue weighted by Crippen LogP contribution is 2.37. The summed E-state index contributed by atoms with van der Waals surface area (Å²) in [7, 11) is -2.14. The molecule has 0 atom stereocenters. The lowest BCUT2D eigenvalue weighted by molar-refractivity contribution is 0.442. The van der Waals surface area contributed by atoms with Crippen molar-refractivity contribution in [1.82, 2.24) is 14.3 Å². The number of aryl methyl sites for hydroxylation is 1. The van der Waals surface area contributed by atoms with Crippen LogP contribution in [0.5, 0.6) is 11.6 Å². The lowest BCUT2D eigenvalue weighted by Crippen LogP contribution is -2.26. The number of nitrogens with zero attached hydrogens (tertiary/aromatic N) is 3. The molecule has 0 aliphatic rings. The van der Waals surface area contributed by atoms with Crippen molar-refractivity contribution >= 4 is 32.2 Å². The summed E-state index contributed by atoms with van der Waals surface area (Å²) in [4.78, 5) is 8.90. The topological polar surface area (TPSA) is 84.4 Å². The molecule has 9 heteroatoms. The molecule has 7 nitrogen and oxygen atoms in total. The summed E-state index contributed by atoms with van der Waals surface area (Å²) < 4.78 is 34.4. The SMILES string of the molecule is Cc1nc(Nc2cccnc2Oc2ccccc2C(C)(C)C)sc1S(=O)(=O)N(C)Cc1ccccc1. The zero-order valence-electron chi connectivity index (χ0n) is 21.0. The third-order valence-corrected chi connectivity index (χ3v) is 9.02. The van der Waals surface area contributed by atoms with E-state index in [2.05, 4.69) is 36.1 Å². The van der Waals surface area contributed by atoms with Crippen LogP contribution in [0.4, 0.5) is 10.8 Å². The second kappa shape index (κ2) is 10.4. The van der Waals surface area contributed by atoms with Gasteiger partial charge in [0.1, 0.15) is 11.4 Å². The summed E-state index contributed by atoms with van der Waals surface area (Å²) in [5.74, 6) is 1.10. The Morgan fingerprint density at radius 2 is 1.69 bits per heavy atom. The Balaban J connectivity index is 1.58. The van der Waals surface area contributed by atoms with Crippen LogP contribution in [0.1, 0.15) is 37.6 Å². The van der Waals surface area contributed by atoms with Crippen LogP contribution < -0.4 is 10.1 Å². The van der Waals surface area contributed by atoms with Crippen molar-refractivity contribution in [3.05, 3.63) is 89.7 Å². The predicted octanol–water partition coefficient (Wildman–Crippen LogP) is 6.50. The number of sulfonamides is 1. The first-order chi connectivity index (χ1) is 17.1. The fourth-order valence-electron chi connectivity index (χ4n) is 3.70. The van der Waals surface area contributed by atoms with E-state index >= 15 is 0 Å². The fourth-order valence-corrected chi connectivity index (χ4v) is 6.48. The minimum absolute atomic E-state index is 0.111. The molecule has 0 amide bonds. The van der Waals surface area contributed by atoms with Crippen LogP contribution >= 0.6 is 11.3 Å². The van der Waals surface area contributed by atoms with E-state index in [0.29, 0.717) is 28.1 Å². The number of para-hydroxylation sites is 1. The Hall–Kier alpha value is -3.27. The number of nitrogens with one attached hydrogen (secondary N) is 1. The number of hydrogen-bond acceptors (Lipinski definition) is 7. The summed E-state index contributed by atoms with van der Waals surface area (Å²) >= 11 is 1.09. The number of thiazole rings is 1. The van der Waals surface area contributed by atoms with Crippen LogP contribution in [-0.4, -0.2) is 29.7 Å². The number of benzene rings is 2. The number of pyridine rings is 1. The summed E-state index contributed by atoms with van der Waals surface area (Å²) in [6.45, 7) is 8.36. The van der Waals surface area contributed by atoms with Gasteiger partial charge < -0.3 is 10.1 Å². The molecule has 4 aromatic rings. The number of ether oxygens (including phenoxy) is 1. The molecule has 0 spiro atoms.